The molecule has 1 aliphatic rings. The molecule has 0 bridgehead atoms. The van der Waals surface area contributed by atoms with Crippen molar-refractivity contribution >= 4 is 56.2 Å². The van der Waals surface area contributed by atoms with Gasteiger partial charge in [0.05, 0.1) is 17.0 Å². The molecule has 4 heterocycles. The van der Waals surface area contributed by atoms with Crippen molar-refractivity contribution in [3.05, 3.63) is 51.4 Å². The zero-order chi connectivity index (χ0) is 19.5. The largest absolute Gasteiger partial charge is 0.337 e. The second kappa shape index (κ2) is 8.50. The summed E-state index contributed by atoms with van der Waals surface area (Å²) in [6.45, 7) is 1.07. The van der Waals surface area contributed by atoms with Gasteiger partial charge in [-0.25, -0.2) is 9.97 Å². The Hall–Kier alpha value is -2.10. The lowest BCUT2D eigenvalue weighted by atomic mass is 9.97. The van der Waals surface area contributed by atoms with E-state index in [-0.39, 0.29) is 17.7 Å². The third-order valence-corrected chi connectivity index (χ3v) is 7.00. The highest BCUT2D eigenvalue weighted by molar-refractivity contribution is 9.10. The van der Waals surface area contributed by atoms with E-state index in [0.717, 1.165) is 27.2 Å². The molecule has 4 rings (SSSR count). The number of thiazole rings is 1. The number of piperidine rings is 1. The highest BCUT2D eigenvalue weighted by Gasteiger charge is 2.30. The average molecular weight is 477 g/mol. The van der Waals surface area contributed by atoms with Crippen molar-refractivity contribution in [2.45, 2.75) is 12.8 Å². The van der Waals surface area contributed by atoms with E-state index < -0.39 is 0 Å². The molecule has 0 spiro atoms. The first-order valence-corrected chi connectivity index (χ1v) is 11.3. The van der Waals surface area contributed by atoms with E-state index in [2.05, 4.69) is 31.2 Å². The van der Waals surface area contributed by atoms with E-state index in [1.165, 1.54) is 11.3 Å². The number of nitrogens with zero attached hydrogens (tertiary/aromatic N) is 3. The zero-order valence-corrected chi connectivity index (χ0v) is 18.0. The monoisotopic (exact) mass is 476 g/mol. The van der Waals surface area contributed by atoms with Crippen molar-refractivity contribution in [2.75, 3.05) is 18.4 Å². The minimum absolute atomic E-state index is 0.0560. The summed E-state index contributed by atoms with van der Waals surface area (Å²) < 4.78 is 0.853. The summed E-state index contributed by atoms with van der Waals surface area (Å²) in [6.07, 6.45) is 4.84. The van der Waals surface area contributed by atoms with Crippen LogP contribution in [-0.2, 0) is 4.79 Å². The third-order valence-electron chi connectivity index (χ3n) is 4.51. The number of aromatic nitrogens is 2. The summed E-state index contributed by atoms with van der Waals surface area (Å²) in [5.41, 5.74) is 0. The fraction of sp³-hybridized carbons (Fsp3) is 0.263. The predicted molar refractivity (Wildman–Crippen MR) is 115 cm³/mol. The molecule has 1 unspecified atom stereocenters. The SMILES string of the molecule is O=C(Nc1ccc(Br)cn1)C1CCCN(C(=O)c2cnc(-c3cccs3)s2)C1. The average Bonchev–Trinajstić information content (AvgIpc) is 3.41. The molecular weight excluding hydrogens is 460 g/mol. The first-order chi connectivity index (χ1) is 13.6. The number of halogens is 1. The summed E-state index contributed by atoms with van der Waals surface area (Å²) in [5.74, 6) is 0.114. The molecule has 0 aliphatic carbocycles. The second-order valence-corrected chi connectivity index (χ2v) is 9.34. The Bertz CT molecular complexity index is 972. The van der Waals surface area contributed by atoms with Gasteiger partial charge in [-0.3, -0.25) is 9.59 Å². The summed E-state index contributed by atoms with van der Waals surface area (Å²) in [7, 11) is 0. The summed E-state index contributed by atoms with van der Waals surface area (Å²) in [4.78, 5) is 37.5. The van der Waals surface area contributed by atoms with Gasteiger partial charge in [0, 0.05) is 23.8 Å². The van der Waals surface area contributed by atoms with E-state index in [4.69, 9.17) is 0 Å². The molecule has 9 heteroatoms. The van der Waals surface area contributed by atoms with Crippen LogP contribution in [0.3, 0.4) is 0 Å². The highest BCUT2D eigenvalue weighted by Crippen LogP contribution is 2.30. The number of rotatable bonds is 4. The topological polar surface area (TPSA) is 75.2 Å². The molecule has 28 heavy (non-hydrogen) atoms. The number of carbonyl (C=O) groups excluding carboxylic acids is 2. The number of amides is 2. The summed E-state index contributed by atoms with van der Waals surface area (Å²) in [6, 6.07) is 7.54. The molecule has 2 amide bonds. The first-order valence-electron chi connectivity index (χ1n) is 8.81. The van der Waals surface area contributed by atoms with Gasteiger partial charge in [-0.1, -0.05) is 6.07 Å². The number of anilines is 1. The van der Waals surface area contributed by atoms with Crippen molar-refractivity contribution in [3.63, 3.8) is 0 Å². The first kappa shape index (κ1) is 19.2. The van der Waals surface area contributed by atoms with Crippen LogP contribution in [0.2, 0.25) is 0 Å². The van der Waals surface area contributed by atoms with Crippen LogP contribution in [0.1, 0.15) is 22.5 Å². The van der Waals surface area contributed by atoms with Crippen LogP contribution in [-0.4, -0.2) is 39.8 Å². The minimum atomic E-state index is -0.243. The van der Waals surface area contributed by atoms with Crippen LogP contribution in [0.15, 0.2) is 46.5 Å². The number of hydrogen-bond donors (Lipinski definition) is 1. The number of likely N-dealkylation sites (tertiary alicyclic amines) is 1. The maximum Gasteiger partial charge on any atom is 0.265 e. The van der Waals surface area contributed by atoms with Gasteiger partial charge in [-0.2, -0.15) is 0 Å². The summed E-state index contributed by atoms with van der Waals surface area (Å²) in [5, 5.41) is 5.69. The van der Waals surface area contributed by atoms with Crippen molar-refractivity contribution < 1.29 is 9.59 Å². The van der Waals surface area contributed by atoms with Gasteiger partial charge in [0.1, 0.15) is 15.7 Å². The number of nitrogens with one attached hydrogen (secondary N) is 1. The second-order valence-electron chi connectivity index (χ2n) is 6.45. The maximum atomic E-state index is 12.9. The molecule has 3 aromatic rings. The van der Waals surface area contributed by atoms with Crippen LogP contribution >= 0.6 is 38.6 Å². The van der Waals surface area contributed by atoms with Crippen molar-refractivity contribution in [1.29, 1.82) is 0 Å². The van der Waals surface area contributed by atoms with Crippen LogP contribution in [0.5, 0.6) is 0 Å². The third kappa shape index (κ3) is 4.31. The Labute approximate surface area is 178 Å². The molecule has 0 saturated carbocycles. The van der Waals surface area contributed by atoms with Crippen molar-refractivity contribution in [2.24, 2.45) is 5.92 Å². The number of thiophene rings is 1. The molecule has 1 atom stereocenters. The van der Waals surface area contributed by atoms with Gasteiger partial charge >= 0.3 is 0 Å². The lowest BCUT2D eigenvalue weighted by Gasteiger charge is -2.31. The fourth-order valence-electron chi connectivity index (χ4n) is 3.10. The number of carbonyl (C=O) groups is 2. The molecule has 1 N–H and O–H groups in total. The molecule has 1 saturated heterocycles. The fourth-order valence-corrected chi connectivity index (χ4v) is 5.02. The molecule has 144 valence electrons. The van der Waals surface area contributed by atoms with Crippen LogP contribution < -0.4 is 5.32 Å². The standard InChI is InChI=1S/C19H17BrN4O2S2/c20-13-5-6-16(21-9-13)23-17(25)12-3-1-7-24(11-12)19(26)15-10-22-18(28-15)14-4-2-8-27-14/h2,4-6,8-10,12H,1,3,7,11H2,(H,21,23,25). The van der Waals surface area contributed by atoms with Gasteiger partial charge in [-0.15, -0.1) is 22.7 Å². The van der Waals surface area contributed by atoms with Gasteiger partial charge in [0.2, 0.25) is 5.91 Å². The lowest BCUT2D eigenvalue weighted by Crippen LogP contribution is -2.43. The normalized spacial score (nSPS) is 16.8. The molecule has 1 fully saturated rings. The van der Waals surface area contributed by atoms with Crippen LogP contribution in [0, 0.1) is 5.92 Å². The molecular formula is C19H17BrN4O2S2. The molecule has 0 radical (unpaired) electrons. The quantitative estimate of drug-likeness (QED) is 0.600. The Morgan fingerprint density at radius 3 is 2.86 bits per heavy atom. The smallest absolute Gasteiger partial charge is 0.265 e. The van der Waals surface area contributed by atoms with Gasteiger partial charge in [-0.05, 0) is 52.4 Å². The lowest BCUT2D eigenvalue weighted by molar-refractivity contribution is -0.121. The number of pyridine rings is 1. The van der Waals surface area contributed by atoms with Crippen LogP contribution in [0.25, 0.3) is 9.88 Å². The summed E-state index contributed by atoms with van der Waals surface area (Å²) >= 11 is 6.33. The Morgan fingerprint density at radius 2 is 2.11 bits per heavy atom. The molecule has 6 nitrogen and oxygen atoms in total. The minimum Gasteiger partial charge on any atom is -0.337 e. The number of hydrogen-bond acceptors (Lipinski definition) is 6. The molecule has 3 aromatic heterocycles. The predicted octanol–water partition coefficient (Wildman–Crippen LogP) is 4.52. The molecule has 1 aliphatic heterocycles. The van der Waals surface area contributed by atoms with Gasteiger partial charge in [0.15, 0.2) is 0 Å². The van der Waals surface area contributed by atoms with Gasteiger partial charge in [0.25, 0.3) is 5.91 Å². The maximum absolute atomic E-state index is 12.9. The highest BCUT2D eigenvalue weighted by atomic mass is 79.9. The van der Waals surface area contributed by atoms with E-state index in [1.54, 1.807) is 34.7 Å². The molecule has 0 aromatic carbocycles. The Balaban J connectivity index is 1.41. The van der Waals surface area contributed by atoms with Crippen LogP contribution in [0.4, 0.5) is 5.82 Å². The zero-order valence-electron chi connectivity index (χ0n) is 14.8. The van der Waals surface area contributed by atoms with Gasteiger partial charge < -0.3 is 10.2 Å². The Kier molecular flexibility index (Phi) is 5.84. The van der Waals surface area contributed by atoms with E-state index in [1.807, 2.05) is 23.6 Å². The van der Waals surface area contributed by atoms with Crippen molar-refractivity contribution in [1.82, 2.24) is 14.9 Å². The van der Waals surface area contributed by atoms with E-state index >= 15 is 0 Å². The van der Waals surface area contributed by atoms with Crippen molar-refractivity contribution in [3.8, 4) is 9.88 Å². The van der Waals surface area contributed by atoms with E-state index in [0.29, 0.717) is 23.8 Å². The van der Waals surface area contributed by atoms with E-state index in [9.17, 15) is 9.59 Å². The Morgan fingerprint density at radius 1 is 1.21 bits per heavy atom.